The van der Waals surface area contributed by atoms with Gasteiger partial charge in [-0.15, -0.1) is 0 Å². The minimum atomic E-state index is -5.01. The molecular formula is C45H44F12N2O2. The number of hydrogen-bond donors (Lipinski definition) is 2. The topological polar surface area (TPSA) is 56.5 Å². The van der Waals surface area contributed by atoms with E-state index in [-0.39, 0.29) is 36.2 Å². The fourth-order valence-electron chi connectivity index (χ4n) is 6.43. The van der Waals surface area contributed by atoms with Crippen LogP contribution in [0.1, 0.15) is 89.6 Å². The Morgan fingerprint density at radius 1 is 0.459 bits per heavy atom. The van der Waals surface area contributed by atoms with Crippen LogP contribution in [0.4, 0.5) is 52.7 Å². The van der Waals surface area contributed by atoms with Gasteiger partial charge in [-0.1, -0.05) is 52.0 Å². The lowest BCUT2D eigenvalue weighted by atomic mass is 9.92. The molecule has 0 aliphatic heterocycles. The second-order valence-corrected chi connectivity index (χ2v) is 14.7. The molecule has 4 nitrogen and oxygen atoms in total. The molecule has 0 fully saturated rings. The van der Waals surface area contributed by atoms with Crippen molar-refractivity contribution in [3.8, 4) is 33.8 Å². The number of ether oxygens (including phenoxy) is 2. The first-order valence-corrected chi connectivity index (χ1v) is 18.7. The molecule has 61 heavy (non-hydrogen) atoms. The van der Waals surface area contributed by atoms with Crippen LogP contribution in [0.15, 0.2) is 91.0 Å². The van der Waals surface area contributed by atoms with Gasteiger partial charge in [-0.2, -0.15) is 52.7 Å². The number of methoxy groups -OCH3 is 2. The van der Waals surface area contributed by atoms with E-state index in [2.05, 4.69) is 19.2 Å². The van der Waals surface area contributed by atoms with E-state index in [1.807, 2.05) is 38.1 Å². The first kappa shape index (κ1) is 48.4. The lowest BCUT2D eigenvalue weighted by Crippen LogP contribution is -2.17. The molecule has 0 heterocycles. The Morgan fingerprint density at radius 2 is 0.852 bits per heavy atom. The number of nitrogens with one attached hydrogen (secondary N) is 1. The van der Waals surface area contributed by atoms with E-state index < -0.39 is 53.5 Å². The average Bonchev–Trinajstić information content (AvgIpc) is 3.18. The van der Waals surface area contributed by atoms with Gasteiger partial charge >= 0.3 is 24.7 Å². The highest BCUT2D eigenvalue weighted by Gasteiger charge is 2.37. The average molecular weight is 873 g/mol. The summed E-state index contributed by atoms with van der Waals surface area (Å²) >= 11 is 0. The molecule has 5 rings (SSSR count). The summed E-state index contributed by atoms with van der Waals surface area (Å²) in [5.41, 5.74) is 5.64. The second kappa shape index (κ2) is 19.2. The largest absolute Gasteiger partial charge is 0.496 e. The normalized spacial score (nSPS) is 12.4. The highest BCUT2D eigenvalue weighted by Crippen LogP contribution is 2.41. The first-order valence-electron chi connectivity index (χ1n) is 18.7. The molecule has 16 heteroatoms. The molecule has 0 atom stereocenters. The summed E-state index contributed by atoms with van der Waals surface area (Å²) in [4.78, 5) is 0. The van der Waals surface area contributed by atoms with Crippen molar-refractivity contribution in [1.29, 1.82) is 0 Å². The molecule has 0 saturated heterocycles. The van der Waals surface area contributed by atoms with Gasteiger partial charge in [0.15, 0.2) is 0 Å². The van der Waals surface area contributed by atoms with Gasteiger partial charge in [0.2, 0.25) is 0 Å². The minimum Gasteiger partial charge on any atom is -0.496 e. The second-order valence-electron chi connectivity index (χ2n) is 14.7. The van der Waals surface area contributed by atoms with Gasteiger partial charge in [0, 0.05) is 30.8 Å². The van der Waals surface area contributed by atoms with E-state index in [1.165, 1.54) is 19.2 Å². The van der Waals surface area contributed by atoms with Crippen molar-refractivity contribution in [3.63, 3.8) is 0 Å². The molecule has 0 amide bonds. The summed E-state index contributed by atoms with van der Waals surface area (Å²) in [5, 5.41) is 2.70. The van der Waals surface area contributed by atoms with Crippen molar-refractivity contribution in [3.05, 3.63) is 141 Å². The molecule has 0 unspecified atom stereocenters. The lowest BCUT2D eigenvalue weighted by molar-refractivity contribution is -0.143. The van der Waals surface area contributed by atoms with Crippen LogP contribution in [0.25, 0.3) is 22.3 Å². The number of rotatable bonds is 11. The Bertz CT molecular complexity index is 2240. The van der Waals surface area contributed by atoms with Crippen molar-refractivity contribution in [2.24, 2.45) is 5.73 Å². The molecule has 3 N–H and O–H groups in total. The molecule has 0 spiro atoms. The predicted molar refractivity (Wildman–Crippen MR) is 210 cm³/mol. The quantitative estimate of drug-likeness (QED) is 0.130. The van der Waals surface area contributed by atoms with Crippen LogP contribution in [0.5, 0.6) is 11.5 Å². The van der Waals surface area contributed by atoms with E-state index in [0.29, 0.717) is 51.8 Å². The molecule has 0 aliphatic rings. The standard InChI is InChI=1S/C27H24F9NO.C18H20F3NO/c1-15(2)17-4-7-24(38-3)23(11-17)22-6-5-19(25(28,29)30)10-18(22)14-37-13-16-8-20(26(31,32)33)12-21(9-16)27(34,35)36;1-11(2)12-4-7-17(23-3)16(9-12)15-6-5-14(18(19,20)21)8-13(15)10-22/h4-12,15,37H,13-14H2,1-3H3;4-9,11H,10,22H2,1-3H3. The summed E-state index contributed by atoms with van der Waals surface area (Å²) in [5.74, 6) is 1.40. The van der Waals surface area contributed by atoms with Gasteiger partial charge < -0.3 is 20.5 Å². The maximum absolute atomic E-state index is 13.5. The van der Waals surface area contributed by atoms with Crippen molar-refractivity contribution in [2.45, 2.75) is 83.9 Å². The molecule has 5 aromatic carbocycles. The number of hydrogen-bond acceptors (Lipinski definition) is 4. The van der Waals surface area contributed by atoms with Gasteiger partial charge in [-0.05, 0) is 118 Å². The van der Waals surface area contributed by atoms with E-state index >= 15 is 0 Å². The SMILES string of the molecule is COc1ccc(C(C)C)cc1-c1ccc(C(F)(F)F)cc1CN.COc1ccc(C(C)C)cc1-c1ccc(C(F)(F)F)cc1CNCc1cc(C(F)(F)F)cc(C(F)(F)F)c1. The Morgan fingerprint density at radius 3 is 1.21 bits per heavy atom. The number of nitrogens with two attached hydrogens (primary N) is 1. The van der Waals surface area contributed by atoms with Crippen LogP contribution >= 0.6 is 0 Å². The van der Waals surface area contributed by atoms with E-state index in [1.54, 1.807) is 19.2 Å². The third-order valence-corrected chi connectivity index (χ3v) is 9.74. The number of benzene rings is 5. The van der Waals surface area contributed by atoms with E-state index in [0.717, 1.165) is 41.0 Å². The van der Waals surface area contributed by atoms with Crippen molar-refractivity contribution in [2.75, 3.05) is 14.2 Å². The molecule has 0 aromatic heterocycles. The van der Waals surface area contributed by atoms with Crippen LogP contribution in [0.3, 0.4) is 0 Å². The van der Waals surface area contributed by atoms with Crippen molar-refractivity contribution < 1.29 is 62.2 Å². The van der Waals surface area contributed by atoms with Crippen molar-refractivity contribution >= 4 is 0 Å². The third kappa shape index (κ3) is 12.4. The van der Waals surface area contributed by atoms with Gasteiger partial charge in [0.1, 0.15) is 11.5 Å². The van der Waals surface area contributed by atoms with Crippen LogP contribution in [-0.4, -0.2) is 14.2 Å². The Balaban J connectivity index is 0.000000303. The van der Waals surface area contributed by atoms with Crippen molar-refractivity contribution in [1.82, 2.24) is 5.32 Å². The first-order chi connectivity index (χ1) is 28.3. The van der Waals surface area contributed by atoms with E-state index in [4.69, 9.17) is 15.2 Å². The highest BCUT2D eigenvalue weighted by molar-refractivity contribution is 5.76. The lowest BCUT2D eigenvalue weighted by Gasteiger charge is -2.19. The minimum absolute atomic E-state index is 0.0163. The zero-order chi connectivity index (χ0) is 45.7. The fourth-order valence-corrected chi connectivity index (χ4v) is 6.43. The summed E-state index contributed by atoms with van der Waals surface area (Å²) in [6, 6.07) is 18.9. The predicted octanol–water partition coefficient (Wildman–Crippen LogP) is 13.8. The molecular weight excluding hydrogens is 828 g/mol. The zero-order valence-corrected chi connectivity index (χ0v) is 33.9. The Hall–Kier alpha value is -5.22. The van der Waals surface area contributed by atoms with Gasteiger partial charge in [0.05, 0.1) is 36.5 Å². The summed E-state index contributed by atoms with van der Waals surface area (Å²) < 4.78 is 169. The molecule has 330 valence electrons. The van der Waals surface area contributed by atoms with Gasteiger partial charge in [-0.25, -0.2) is 0 Å². The fraction of sp³-hybridized carbons (Fsp3) is 0.333. The summed E-state index contributed by atoms with van der Waals surface area (Å²) in [6.07, 6.45) is -19.1. The number of alkyl halides is 12. The molecule has 0 saturated carbocycles. The zero-order valence-electron chi connectivity index (χ0n) is 33.9. The molecule has 0 bridgehead atoms. The molecule has 0 aliphatic carbocycles. The van der Waals surface area contributed by atoms with Crippen LogP contribution in [0, 0.1) is 0 Å². The van der Waals surface area contributed by atoms with Crippen LogP contribution < -0.4 is 20.5 Å². The summed E-state index contributed by atoms with van der Waals surface area (Å²) in [6.45, 7) is 7.28. The van der Waals surface area contributed by atoms with Gasteiger partial charge in [-0.3, -0.25) is 0 Å². The molecule has 5 aromatic rings. The Labute approximate surface area is 345 Å². The maximum Gasteiger partial charge on any atom is 0.416 e. The Kier molecular flexibility index (Phi) is 15.3. The van der Waals surface area contributed by atoms with Gasteiger partial charge in [0.25, 0.3) is 0 Å². The third-order valence-electron chi connectivity index (χ3n) is 9.74. The monoisotopic (exact) mass is 872 g/mol. The maximum atomic E-state index is 13.5. The molecule has 0 radical (unpaired) electrons. The van der Waals surface area contributed by atoms with E-state index in [9.17, 15) is 52.7 Å². The smallest absolute Gasteiger partial charge is 0.416 e. The number of halogens is 12. The van der Waals surface area contributed by atoms with Crippen LogP contribution in [-0.2, 0) is 44.3 Å². The van der Waals surface area contributed by atoms with Crippen LogP contribution in [0.2, 0.25) is 0 Å². The highest BCUT2D eigenvalue weighted by atomic mass is 19.4. The summed E-state index contributed by atoms with van der Waals surface area (Å²) in [7, 11) is 2.95.